The first-order chi connectivity index (χ1) is 4.24. The highest BCUT2D eigenvalue weighted by atomic mass is 28.1. The van der Waals surface area contributed by atoms with Gasteiger partial charge in [0.05, 0.1) is 0 Å². The minimum absolute atomic E-state index is 0. The van der Waals surface area contributed by atoms with Crippen molar-refractivity contribution in [3.63, 3.8) is 0 Å². The molecule has 0 aliphatic rings. The highest BCUT2D eigenvalue weighted by Gasteiger charge is 1.26. The van der Waals surface area contributed by atoms with Crippen LogP contribution in [0.5, 0.6) is 0 Å². The van der Waals surface area contributed by atoms with Crippen molar-refractivity contribution in [1.29, 1.82) is 0 Å². The largest absolute Gasteiger partial charge is 0.323 e. The number of hydrogen-bond donors (Lipinski definition) is 3. The van der Waals surface area contributed by atoms with Gasteiger partial charge in [-0.3, -0.25) is 0 Å². The molecule has 0 aliphatic heterocycles. The molecule has 4 heteroatoms. The van der Waals surface area contributed by atoms with Gasteiger partial charge in [-0.05, 0) is 53.3 Å². The molecule has 0 atom stereocenters. The molecule has 0 spiro atoms. The van der Waals surface area contributed by atoms with Gasteiger partial charge < -0.3 is 16.0 Å². The molecule has 68 valence electrons. The van der Waals surface area contributed by atoms with Crippen molar-refractivity contribution in [2.24, 2.45) is 0 Å². The van der Waals surface area contributed by atoms with Gasteiger partial charge in [-0.1, -0.05) is 0 Å². The van der Waals surface area contributed by atoms with Crippen molar-refractivity contribution >= 4 is 11.0 Å². The maximum absolute atomic E-state index is 2.75. The van der Waals surface area contributed by atoms with Crippen LogP contribution in [0.25, 0.3) is 0 Å². The first-order valence-corrected chi connectivity index (χ1v) is 3.00. The molecule has 10 heavy (non-hydrogen) atoms. The van der Waals surface area contributed by atoms with E-state index < -0.39 is 0 Å². The minimum atomic E-state index is 0. The number of nitrogens with one attached hydrogen (secondary N) is 3. The summed E-state index contributed by atoms with van der Waals surface area (Å²) in [5.41, 5.74) is 0. The zero-order valence-corrected chi connectivity index (χ0v) is 7.50. The summed E-state index contributed by atoms with van der Waals surface area (Å²) >= 11 is 0. The lowest BCUT2D eigenvalue weighted by Crippen LogP contribution is -1.89. The van der Waals surface area contributed by atoms with E-state index in [1.54, 1.807) is 0 Å². The smallest absolute Gasteiger partial charge is 0.0149 e. The average molecular weight is 167 g/mol. The van der Waals surface area contributed by atoms with Crippen LogP contribution < -0.4 is 16.0 Å². The summed E-state index contributed by atoms with van der Waals surface area (Å²) in [6, 6.07) is 0. The predicted molar refractivity (Wildman–Crippen MR) is 56.3 cm³/mol. The van der Waals surface area contributed by atoms with E-state index in [1.165, 1.54) is 0 Å². The lowest BCUT2D eigenvalue weighted by Gasteiger charge is -1.59. The molecular formula is C6H25N3Si. The van der Waals surface area contributed by atoms with Gasteiger partial charge in [0.25, 0.3) is 0 Å². The van der Waals surface area contributed by atoms with Crippen LogP contribution in [-0.4, -0.2) is 53.3 Å². The molecule has 0 heterocycles. The molecule has 0 rings (SSSR count). The van der Waals surface area contributed by atoms with Gasteiger partial charge in [0.2, 0.25) is 0 Å². The van der Waals surface area contributed by atoms with E-state index in [0.717, 1.165) is 0 Å². The van der Waals surface area contributed by atoms with Gasteiger partial charge in [-0.2, -0.15) is 0 Å². The predicted octanol–water partition coefficient (Wildman–Crippen LogP) is -1.94. The Labute approximate surface area is 70.0 Å². The third-order valence-electron chi connectivity index (χ3n) is 0. The molecule has 3 nitrogen and oxygen atoms in total. The molecule has 0 aromatic carbocycles. The Morgan fingerprint density at radius 3 is 0.500 bits per heavy atom. The first-order valence-electron chi connectivity index (χ1n) is 3.00. The van der Waals surface area contributed by atoms with Gasteiger partial charge in [0.1, 0.15) is 0 Å². The van der Waals surface area contributed by atoms with Gasteiger partial charge in [-0.25, -0.2) is 0 Å². The summed E-state index contributed by atoms with van der Waals surface area (Å²) in [4.78, 5) is 0. The van der Waals surface area contributed by atoms with Crippen LogP contribution in [0.2, 0.25) is 0 Å². The van der Waals surface area contributed by atoms with E-state index >= 15 is 0 Å². The van der Waals surface area contributed by atoms with E-state index in [4.69, 9.17) is 0 Å². The maximum Gasteiger partial charge on any atom is -0.0149 e. The molecule has 0 aliphatic carbocycles. The second-order valence-electron chi connectivity index (χ2n) is 1.50. The van der Waals surface area contributed by atoms with Gasteiger partial charge in [-0.15, -0.1) is 0 Å². The minimum Gasteiger partial charge on any atom is -0.323 e. The molecule has 0 bridgehead atoms. The Morgan fingerprint density at radius 1 is 0.500 bits per heavy atom. The van der Waals surface area contributed by atoms with E-state index in [2.05, 4.69) is 16.0 Å². The van der Waals surface area contributed by atoms with Gasteiger partial charge in [0.15, 0.2) is 0 Å². The zero-order chi connectivity index (χ0) is 8.12. The van der Waals surface area contributed by atoms with E-state index in [9.17, 15) is 0 Å². The fraction of sp³-hybridized carbons (Fsp3) is 1.00. The molecule has 0 saturated carbocycles. The van der Waals surface area contributed by atoms with Crippen molar-refractivity contribution in [1.82, 2.24) is 16.0 Å². The van der Waals surface area contributed by atoms with E-state index in [1.807, 2.05) is 42.3 Å². The topological polar surface area (TPSA) is 36.1 Å². The zero-order valence-electron chi connectivity index (χ0n) is 7.50. The Morgan fingerprint density at radius 2 is 0.500 bits per heavy atom. The molecule has 0 radical (unpaired) electrons. The van der Waals surface area contributed by atoms with Gasteiger partial charge in [0, 0.05) is 0 Å². The molecular weight excluding hydrogens is 142 g/mol. The highest BCUT2D eigenvalue weighted by Crippen LogP contribution is 0.987. The first kappa shape index (κ1) is 22.5. The van der Waals surface area contributed by atoms with E-state index in [-0.39, 0.29) is 11.0 Å². The lowest BCUT2D eigenvalue weighted by molar-refractivity contribution is 1.02. The van der Waals surface area contributed by atoms with Crippen molar-refractivity contribution in [2.75, 3.05) is 42.3 Å². The van der Waals surface area contributed by atoms with Crippen LogP contribution in [0.4, 0.5) is 0 Å². The monoisotopic (exact) mass is 167 g/mol. The molecule has 0 amide bonds. The van der Waals surface area contributed by atoms with Crippen LogP contribution in [0.1, 0.15) is 0 Å². The van der Waals surface area contributed by atoms with Crippen LogP contribution in [0, 0.1) is 0 Å². The fourth-order valence-corrected chi connectivity index (χ4v) is 0. The molecule has 3 N–H and O–H groups in total. The highest BCUT2D eigenvalue weighted by molar-refractivity contribution is 5.75. The third-order valence-corrected chi connectivity index (χ3v) is 0. The van der Waals surface area contributed by atoms with Crippen LogP contribution in [-0.2, 0) is 0 Å². The fourth-order valence-electron chi connectivity index (χ4n) is 0. The van der Waals surface area contributed by atoms with Crippen LogP contribution in [0.15, 0.2) is 0 Å². The summed E-state index contributed by atoms with van der Waals surface area (Å²) < 4.78 is 0. The summed E-state index contributed by atoms with van der Waals surface area (Å²) in [7, 11) is 11.2. The molecule has 0 aromatic rings. The van der Waals surface area contributed by atoms with Crippen molar-refractivity contribution in [3.8, 4) is 0 Å². The molecule has 0 fully saturated rings. The second-order valence-corrected chi connectivity index (χ2v) is 1.50. The summed E-state index contributed by atoms with van der Waals surface area (Å²) in [6.45, 7) is 0. The normalized spacial score (nSPS) is 5.40. The Kier molecular flexibility index (Phi) is 140. The average Bonchev–Trinajstić information content (AvgIpc) is 1.70. The Bertz CT molecular complexity index is 17.7. The molecule has 0 aromatic heterocycles. The van der Waals surface area contributed by atoms with Crippen LogP contribution in [0.3, 0.4) is 0 Å². The molecule has 0 unspecified atom stereocenters. The van der Waals surface area contributed by atoms with Crippen LogP contribution >= 0.6 is 0 Å². The SMILES string of the molecule is CNC.CNC.CNC.[SiH4]. The van der Waals surface area contributed by atoms with Gasteiger partial charge >= 0.3 is 0 Å². The second kappa shape index (κ2) is 62.2. The third kappa shape index (κ3) is 43400. The number of hydrogen-bond acceptors (Lipinski definition) is 3. The Hall–Kier alpha value is 0.0969. The van der Waals surface area contributed by atoms with Crippen molar-refractivity contribution < 1.29 is 0 Å². The summed E-state index contributed by atoms with van der Waals surface area (Å²) in [5.74, 6) is 0. The quantitative estimate of drug-likeness (QED) is 0.367. The van der Waals surface area contributed by atoms with Crippen molar-refractivity contribution in [3.05, 3.63) is 0 Å². The van der Waals surface area contributed by atoms with Crippen molar-refractivity contribution in [2.45, 2.75) is 0 Å². The Balaban J connectivity index is -0.0000000257. The lowest BCUT2D eigenvalue weighted by atomic mass is 11.3. The standard InChI is InChI=1S/3C2H7N.H4Si/c3*1-3-2;/h3*3H,1-2H3;1H4. The molecule has 0 saturated heterocycles. The van der Waals surface area contributed by atoms with E-state index in [0.29, 0.717) is 0 Å². The maximum atomic E-state index is 2.75. The number of rotatable bonds is 0. The summed E-state index contributed by atoms with van der Waals surface area (Å²) in [5, 5.41) is 8.25. The summed E-state index contributed by atoms with van der Waals surface area (Å²) in [6.07, 6.45) is 0.